The van der Waals surface area contributed by atoms with Gasteiger partial charge >= 0.3 is 0 Å². The molecule has 3 rings (SSSR count). The molecule has 0 spiro atoms. The van der Waals surface area contributed by atoms with E-state index < -0.39 is 0 Å². The Hall–Kier alpha value is -3.12. The molecule has 0 radical (unpaired) electrons. The maximum atomic E-state index is 13.4. The van der Waals surface area contributed by atoms with Crippen LogP contribution >= 0.6 is 11.6 Å². The summed E-state index contributed by atoms with van der Waals surface area (Å²) in [6.45, 7) is 0.406. The number of nitrogens with one attached hydrogen (secondary N) is 1. The summed E-state index contributed by atoms with van der Waals surface area (Å²) in [4.78, 5) is 12.6. The molecule has 0 unspecified atom stereocenters. The van der Waals surface area contributed by atoms with Gasteiger partial charge in [-0.15, -0.1) is 0 Å². The number of benzene rings is 3. The molecule has 0 aliphatic heterocycles. The Balaban J connectivity index is 1.67. The van der Waals surface area contributed by atoms with Crippen molar-refractivity contribution < 1.29 is 18.3 Å². The quantitative estimate of drug-likeness (QED) is 0.353. The largest absolute Gasteiger partial charge is 0.496 e. The highest BCUT2D eigenvalue weighted by Crippen LogP contribution is 2.30. The number of nitrogen functional groups attached to an aromatic ring is 1. The Morgan fingerprint density at radius 3 is 2.10 bits per heavy atom. The average molecular weight is 445 g/mol. The van der Waals surface area contributed by atoms with Gasteiger partial charge < -0.3 is 15.8 Å². The summed E-state index contributed by atoms with van der Waals surface area (Å²) in [5.41, 5.74) is 8.24. The molecule has 3 aromatic carbocycles. The summed E-state index contributed by atoms with van der Waals surface area (Å²) in [6, 6.07) is 15.5. The molecule has 0 saturated carbocycles. The van der Waals surface area contributed by atoms with Crippen molar-refractivity contribution in [2.75, 3.05) is 19.4 Å². The molecule has 0 aliphatic rings. The van der Waals surface area contributed by atoms with Crippen molar-refractivity contribution in [1.82, 2.24) is 5.32 Å². The van der Waals surface area contributed by atoms with E-state index in [0.717, 1.165) is 11.1 Å². The van der Waals surface area contributed by atoms with Gasteiger partial charge in [-0.25, -0.2) is 8.78 Å². The van der Waals surface area contributed by atoms with Gasteiger partial charge in [0.2, 0.25) is 0 Å². The number of ether oxygens (including phenoxy) is 1. The van der Waals surface area contributed by atoms with Gasteiger partial charge in [0.25, 0.3) is 5.91 Å². The number of methoxy groups -OCH3 is 1. The maximum Gasteiger partial charge on any atom is 0.255 e. The van der Waals surface area contributed by atoms with Crippen LogP contribution in [0.2, 0.25) is 5.02 Å². The van der Waals surface area contributed by atoms with E-state index in [1.165, 1.54) is 43.5 Å². The van der Waals surface area contributed by atoms with Crippen molar-refractivity contribution in [2.45, 2.75) is 18.8 Å². The number of anilines is 1. The fourth-order valence-electron chi connectivity index (χ4n) is 3.43. The Bertz CT molecular complexity index is 995. The van der Waals surface area contributed by atoms with Crippen LogP contribution in [0.15, 0.2) is 60.7 Å². The summed E-state index contributed by atoms with van der Waals surface area (Å²) < 4.78 is 31.9. The Morgan fingerprint density at radius 1 is 1.03 bits per heavy atom. The molecule has 3 N–H and O–H groups in total. The molecule has 0 heterocycles. The van der Waals surface area contributed by atoms with E-state index in [4.69, 9.17) is 22.1 Å². The molecule has 0 fully saturated rings. The maximum absolute atomic E-state index is 13.4. The van der Waals surface area contributed by atoms with Crippen LogP contribution < -0.4 is 15.8 Å². The Kier molecular flexibility index (Phi) is 7.47. The van der Waals surface area contributed by atoms with Crippen LogP contribution in [0, 0.1) is 11.6 Å². The minimum Gasteiger partial charge on any atom is -0.496 e. The monoisotopic (exact) mass is 444 g/mol. The van der Waals surface area contributed by atoms with E-state index in [1.54, 1.807) is 24.3 Å². The summed E-state index contributed by atoms with van der Waals surface area (Å²) in [6.07, 6.45) is 1.33. The number of carbonyl (C=O) groups is 1. The smallest absolute Gasteiger partial charge is 0.255 e. The van der Waals surface area contributed by atoms with Crippen LogP contribution in [0.3, 0.4) is 0 Å². The van der Waals surface area contributed by atoms with Gasteiger partial charge in [0, 0.05) is 18.5 Å². The minimum absolute atomic E-state index is 0.0568. The third-order valence-electron chi connectivity index (χ3n) is 5.06. The summed E-state index contributed by atoms with van der Waals surface area (Å²) in [5, 5.41) is 3.13. The zero-order valence-corrected chi connectivity index (χ0v) is 17.8. The van der Waals surface area contributed by atoms with E-state index in [-0.39, 0.29) is 28.5 Å². The summed E-state index contributed by atoms with van der Waals surface area (Å²) >= 11 is 6.03. The summed E-state index contributed by atoms with van der Waals surface area (Å²) in [5.74, 6) is -0.665. The normalized spacial score (nSPS) is 10.9. The molecule has 0 aliphatic carbocycles. The lowest BCUT2D eigenvalue weighted by molar-refractivity contribution is 0.0950. The van der Waals surface area contributed by atoms with Crippen molar-refractivity contribution in [3.63, 3.8) is 0 Å². The molecular weight excluding hydrogens is 422 g/mol. The molecule has 0 aromatic heterocycles. The molecule has 1 amide bonds. The highest BCUT2D eigenvalue weighted by molar-refractivity contribution is 6.33. The highest BCUT2D eigenvalue weighted by Gasteiger charge is 2.17. The van der Waals surface area contributed by atoms with Gasteiger partial charge in [-0.2, -0.15) is 0 Å². The van der Waals surface area contributed by atoms with Crippen LogP contribution in [0.5, 0.6) is 5.75 Å². The van der Waals surface area contributed by atoms with Crippen molar-refractivity contribution in [3.05, 3.63) is 94.0 Å². The van der Waals surface area contributed by atoms with E-state index in [9.17, 15) is 13.6 Å². The number of hydrogen-bond donors (Lipinski definition) is 2. The van der Waals surface area contributed by atoms with Gasteiger partial charge in [0.05, 0.1) is 23.4 Å². The second-order valence-electron chi connectivity index (χ2n) is 7.13. The first-order valence-electron chi connectivity index (χ1n) is 9.81. The third-order valence-corrected chi connectivity index (χ3v) is 5.39. The fraction of sp³-hybridized carbons (Fsp3) is 0.208. The molecule has 7 heteroatoms. The molecule has 3 aromatic rings. The Morgan fingerprint density at radius 2 is 1.58 bits per heavy atom. The van der Waals surface area contributed by atoms with Crippen LogP contribution in [0.1, 0.15) is 40.2 Å². The van der Waals surface area contributed by atoms with Crippen molar-refractivity contribution in [1.29, 1.82) is 0 Å². The van der Waals surface area contributed by atoms with Gasteiger partial charge in [-0.3, -0.25) is 4.79 Å². The van der Waals surface area contributed by atoms with Gasteiger partial charge in [0.1, 0.15) is 17.4 Å². The van der Waals surface area contributed by atoms with Crippen molar-refractivity contribution in [3.8, 4) is 5.75 Å². The number of nitrogens with two attached hydrogens (primary N) is 1. The lowest BCUT2D eigenvalue weighted by Gasteiger charge is -2.18. The van der Waals surface area contributed by atoms with Crippen LogP contribution in [-0.2, 0) is 0 Å². The van der Waals surface area contributed by atoms with E-state index in [2.05, 4.69) is 5.32 Å². The topological polar surface area (TPSA) is 64.3 Å². The second-order valence-corrected chi connectivity index (χ2v) is 7.54. The molecule has 0 atom stereocenters. The van der Waals surface area contributed by atoms with Crippen molar-refractivity contribution in [2.24, 2.45) is 0 Å². The predicted molar refractivity (Wildman–Crippen MR) is 119 cm³/mol. The van der Waals surface area contributed by atoms with Gasteiger partial charge in [-0.1, -0.05) is 35.9 Å². The van der Waals surface area contributed by atoms with Crippen LogP contribution in [0.4, 0.5) is 14.5 Å². The summed E-state index contributed by atoms with van der Waals surface area (Å²) in [7, 11) is 1.45. The molecule has 162 valence electrons. The Labute approximate surface area is 185 Å². The standard InChI is InChI=1S/C24H23ClF2N2O2/c1-31-23-14-22(28)21(25)13-20(23)24(30)29-12-2-3-19(15-4-8-17(26)9-5-15)16-6-10-18(27)11-7-16/h4-11,13-14,19H,2-3,12,28H2,1H3,(H,29,30). The number of amides is 1. The zero-order valence-electron chi connectivity index (χ0n) is 17.0. The molecule has 0 bridgehead atoms. The lowest BCUT2D eigenvalue weighted by Crippen LogP contribution is -2.25. The predicted octanol–water partition coefficient (Wildman–Crippen LogP) is 5.55. The molecule has 4 nitrogen and oxygen atoms in total. The minimum atomic E-state index is -0.320. The first-order valence-corrected chi connectivity index (χ1v) is 10.2. The fourth-order valence-corrected chi connectivity index (χ4v) is 3.60. The molecule has 0 saturated heterocycles. The SMILES string of the molecule is COc1cc(N)c(Cl)cc1C(=O)NCCCC(c1ccc(F)cc1)c1ccc(F)cc1. The van der Waals surface area contributed by atoms with Crippen molar-refractivity contribution >= 4 is 23.2 Å². The molecular formula is C24H23ClF2N2O2. The van der Waals surface area contributed by atoms with Gasteiger partial charge in [0.15, 0.2) is 0 Å². The first kappa shape index (κ1) is 22.6. The van der Waals surface area contributed by atoms with Gasteiger partial charge in [-0.05, 0) is 54.3 Å². The number of carbonyl (C=O) groups excluding carboxylic acids is 1. The highest BCUT2D eigenvalue weighted by atomic mass is 35.5. The average Bonchev–Trinajstić information content (AvgIpc) is 2.77. The molecule has 31 heavy (non-hydrogen) atoms. The lowest BCUT2D eigenvalue weighted by atomic mass is 9.87. The van der Waals surface area contributed by atoms with Crippen LogP contribution in [-0.4, -0.2) is 19.6 Å². The number of rotatable bonds is 8. The number of halogens is 3. The van der Waals surface area contributed by atoms with E-state index in [1.807, 2.05) is 0 Å². The second kappa shape index (κ2) is 10.3. The third kappa shape index (κ3) is 5.73. The first-order chi connectivity index (χ1) is 14.9. The number of hydrogen-bond acceptors (Lipinski definition) is 3. The van der Waals surface area contributed by atoms with E-state index >= 15 is 0 Å². The zero-order chi connectivity index (χ0) is 22.4. The van der Waals surface area contributed by atoms with E-state index in [0.29, 0.717) is 36.4 Å². The van der Waals surface area contributed by atoms with Crippen LogP contribution in [0.25, 0.3) is 0 Å².